The molecule has 30 heavy (non-hydrogen) atoms. The van der Waals surface area contributed by atoms with Crippen LogP contribution in [0.2, 0.25) is 0 Å². The summed E-state index contributed by atoms with van der Waals surface area (Å²) in [6.07, 6.45) is 0.468. The fraction of sp³-hybridized carbons (Fsp3) is 0.368. The summed E-state index contributed by atoms with van der Waals surface area (Å²) in [6.45, 7) is 2.61. The molecule has 1 fully saturated rings. The third-order valence-electron chi connectivity index (χ3n) is 4.98. The molecule has 3 aromatic rings. The van der Waals surface area contributed by atoms with Crippen molar-refractivity contribution in [1.29, 1.82) is 0 Å². The predicted molar refractivity (Wildman–Crippen MR) is 110 cm³/mol. The molecule has 1 aromatic carbocycles. The van der Waals surface area contributed by atoms with Crippen LogP contribution in [0.25, 0.3) is 5.52 Å². The number of nitrogens with zero attached hydrogens (tertiary/aromatic N) is 4. The van der Waals surface area contributed by atoms with E-state index in [0.717, 1.165) is 43.6 Å². The molecule has 0 aliphatic carbocycles. The molecule has 1 saturated heterocycles. The number of likely N-dealkylation sites (tertiary alicyclic amines) is 1. The summed E-state index contributed by atoms with van der Waals surface area (Å²) in [5.41, 5.74) is 8.43. The van der Waals surface area contributed by atoms with Gasteiger partial charge in [-0.3, -0.25) is 4.90 Å². The maximum atomic E-state index is 12.5. The first kappa shape index (κ1) is 20.9. The van der Waals surface area contributed by atoms with Crippen molar-refractivity contribution in [2.75, 3.05) is 18.4 Å². The minimum Gasteiger partial charge on any atom is -0.405 e. The average molecular weight is 485 g/mol. The highest BCUT2D eigenvalue weighted by atomic mass is 79.9. The normalized spacial score (nSPS) is 16.2. The van der Waals surface area contributed by atoms with E-state index in [1.165, 1.54) is 24.5 Å². The van der Waals surface area contributed by atoms with Gasteiger partial charge in [-0.05, 0) is 71.7 Å². The Morgan fingerprint density at radius 1 is 1.23 bits per heavy atom. The first-order chi connectivity index (χ1) is 14.3. The number of anilines is 2. The van der Waals surface area contributed by atoms with Crippen molar-refractivity contribution in [3.8, 4) is 5.75 Å². The van der Waals surface area contributed by atoms with E-state index in [4.69, 9.17) is 5.73 Å². The van der Waals surface area contributed by atoms with Crippen molar-refractivity contribution in [2.45, 2.75) is 31.8 Å². The van der Waals surface area contributed by atoms with Crippen molar-refractivity contribution in [3.63, 3.8) is 0 Å². The Morgan fingerprint density at radius 3 is 2.70 bits per heavy atom. The Morgan fingerprint density at radius 2 is 2.00 bits per heavy atom. The van der Waals surface area contributed by atoms with Gasteiger partial charge in [0.05, 0.1) is 4.47 Å². The lowest BCUT2D eigenvalue weighted by Crippen LogP contribution is -2.39. The van der Waals surface area contributed by atoms with E-state index in [-0.39, 0.29) is 16.3 Å². The summed E-state index contributed by atoms with van der Waals surface area (Å²) >= 11 is 3.12. The van der Waals surface area contributed by atoms with Crippen molar-refractivity contribution in [1.82, 2.24) is 19.5 Å². The van der Waals surface area contributed by atoms with Crippen LogP contribution in [-0.2, 0) is 6.54 Å². The van der Waals surface area contributed by atoms with Crippen molar-refractivity contribution in [3.05, 3.63) is 46.8 Å². The van der Waals surface area contributed by atoms with Gasteiger partial charge in [-0.25, -0.2) is 9.50 Å². The number of aromatic nitrogens is 3. The molecule has 3 heterocycles. The van der Waals surface area contributed by atoms with Crippen molar-refractivity contribution < 1.29 is 17.9 Å². The maximum absolute atomic E-state index is 12.5. The summed E-state index contributed by atoms with van der Waals surface area (Å²) in [7, 11) is 0. The number of fused-ring (bicyclic) bond motifs is 1. The SMILES string of the molecule is NC1CCN(Cc2ccn3ncnc(Nc4ccc(OC(F)(F)F)c(Br)c4)c23)CC1. The molecule has 0 atom stereocenters. The highest BCUT2D eigenvalue weighted by Gasteiger charge is 2.32. The van der Waals surface area contributed by atoms with Crippen LogP contribution < -0.4 is 15.8 Å². The molecule has 4 rings (SSSR count). The van der Waals surface area contributed by atoms with E-state index in [1.807, 2.05) is 12.3 Å². The number of ether oxygens (including phenoxy) is 1. The molecule has 0 bridgehead atoms. The first-order valence-corrected chi connectivity index (χ1v) is 10.2. The van der Waals surface area contributed by atoms with Crippen LogP contribution in [0, 0.1) is 0 Å². The molecular weight excluding hydrogens is 465 g/mol. The molecule has 0 spiro atoms. The molecule has 3 N–H and O–H groups in total. The topological polar surface area (TPSA) is 80.7 Å². The average Bonchev–Trinajstić information content (AvgIpc) is 3.09. The zero-order valence-electron chi connectivity index (χ0n) is 15.9. The van der Waals surface area contributed by atoms with Gasteiger partial charge >= 0.3 is 6.36 Å². The van der Waals surface area contributed by atoms with Crippen LogP contribution in [0.5, 0.6) is 5.75 Å². The maximum Gasteiger partial charge on any atom is 0.573 e. The third-order valence-corrected chi connectivity index (χ3v) is 5.60. The van der Waals surface area contributed by atoms with Crippen LogP contribution in [0.4, 0.5) is 24.7 Å². The van der Waals surface area contributed by atoms with E-state index in [2.05, 4.69) is 41.0 Å². The zero-order chi connectivity index (χ0) is 21.3. The lowest BCUT2D eigenvalue weighted by atomic mass is 10.1. The number of rotatable bonds is 5. The van der Waals surface area contributed by atoms with E-state index in [0.29, 0.717) is 11.5 Å². The molecule has 0 saturated carbocycles. The lowest BCUT2D eigenvalue weighted by molar-refractivity contribution is -0.274. The van der Waals surface area contributed by atoms with Gasteiger partial charge in [0.2, 0.25) is 0 Å². The Labute approximate surface area is 179 Å². The molecule has 1 aliphatic heterocycles. The van der Waals surface area contributed by atoms with Gasteiger partial charge in [-0.2, -0.15) is 5.10 Å². The van der Waals surface area contributed by atoms with Crippen LogP contribution in [0.15, 0.2) is 41.3 Å². The van der Waals surface area contributed by atoms with Gasteiger partial charge in [0.25, 0.3) is 0 Å². The number of benzene rings is 1. The Kier molecular flexibility index (Phi) is 5.85. The molecule has 0 radical (unpaired) electrons. The number of alkyl halides is 3. The molecule has 0 unspecified atom stereocenters. The Balaban J connectivity index is 1.57. The fourth-order valence-corrected chi connectivity index (χ4v) is 3.97. The molecule has 160 valence electrons. The van der Waals surface area contributed by atoms with Gasteiger partial charge in [0, 0.05) is 24.5 Å². The van der Waals surface area contributed by atoms with Crippen molar-refractivity contribution in [2.24, 2.45) is 5.73 Å². The highest BCUT2D eigenvalue weighted by molar-refractivity contribution is 9.10. The van der Waals surface area contributed by atoms with E-state index >= 15 is 0 Å². The molecule has 7 nitrogen and oxygen atoms in total. The highest BCUT2D eigenvalue weighted by Crippen LogP contribution is 2.34. The molecule has 2 aromatic heterocycles. The molecule has 1 aliphatic rings. The minimum absolute atomic E-state index is 0.176. The van der Waals surface area contributed by atoms with Crippen LogP contribution >= 0.6 is 15.9 Å². The monoisotopic (exact) mass is 484 g/mol. The summed E-state index contributed by atoms with van der Waals surface area (Å²) in [5, 5.41) is 7.43. The summed E-state index contributed by atoms with van der Waals surface area (Å²) in [4.78, 5) is 6.69. The molecule has 0 amide bonds. The zero-order valence-corrected chi connectivity index (χ0v) is 17.4. The predicted octanol–water partition coefficient (Wildman–Crippen LogP) is 4.06. The second kappa shape index (κ2) is 8.40. The first-order valence-electron chi connectivity index (χ1n) is 9.40. The summed E-state index contributed by atoms with van der Waals surface area (Å²) in [5.74, 6) is 0.252. The van der Waals surface area contributed by atoms with Gasteiger partial charge in [0.15, 0.2) is 5.82 Å². The van der Waals surface area contributed by atoms with E-state index < -0.39 is 6.36 Å². The molecule has 11 heteroatoms. The van der Waals surface area contributed by atoms with Crippen LogP contribution in [0.1, 0.15) is 18.4 Å². The summed E-state index contributed by atoms with van der Waals surface area (Å²) in [6, 6.07) is 6.51. The number of halogens is 4. The Hall–Kier alpha value is -2.37. The number of hydrogen-bond donors (Lipinski definition) is 2. The number of piperidine rings is 1. The second-order valence-corrected chi connectivity index (χ2v) is 8.03. The third kappa shape index (κ3) is 4.85. The smallest absolute Gasteiger partial charge is 0.405 e. The Bertz CT molecular complexity index is 1030. The lowest BCUT2D eigenvalue weighted by Gasteiger charge is -2.29. The van der Waals surface area contributed by atoms with Gasteiger partial charge in [0.1, 0.15) is 17.6 Å². The second-order valence-electron chi connectivity index (χ2n) is 7.17. The number of nitrogens with two attached hydrogens (primary N) is 1. The van der Waals surface area contributed by atoms with Crippen molar-refractivity contribution >= 4 is 33.0 Å². The van der Waals surface area contributed by atoms with E-state index in [9.17, 15) is 13.2 Å². The quantitative estimate of drug-likeness (QED) is 0.568. The largest absolute Gasteiger partial charge is 0.573 e. The molecular formula is C19H20BrF3N6O. The van der Waals surface area contributed by atoms with Gasteiger partial charge < -0.3 is 15.8 Å². The minimum atomic E-state index is -4.75. The van der Waals surface area contributed by atoms with Gasteiger partial charge in [-0.15, -0.1) is 13.2 Å². The van der Waals surface area contributed by atoms with E-state index in [1.54, 1.807) is 4.52 Å². The summed E-state index contributed by atoms with van der Waals surface area (Å²) < 4.78 is 43.3. The van der Waals surface area contributed by atoms with Gasteiger partial charge in [-0.1, -0.05) is 0 Å². The van der Waals surface area contributed by atoms with Crippen LogP contribution in [-0.4, -0.2) is 45.0 Å². The number of nitrogens with one attached hydrogen (secondary N) is 1. The standard InChI is InChI=1S/C19H20BrF3N6O/c20-15-9-14(1-2-16(15)30-19(21,22)23)27-18-17-12(3-8-29(17)26-11-25-18)10-28-6-4-13(24)5-7-28/h1-3,8-9,11,13H,4-7,10,24H2,(H,25,26,27). The van der Waals surface area contributed by atoms with Crippen LogP contribution in [0.3, 0.4) is 0 Å². The fourth-order valence-electron chi connectivity index (χ4n) is 3.51. The number of hydrogen-bond acceptors (Lipinski definition) is 6.